The Morgan fingerprint density at radius 1 is 1.26 bits per heavy atom. The number of rotatable bonds is 5. The zero-order valence-electron chi connectivity index (χ0n) is 12.9. The van der Waals surface area contributed by atoms with E-state index in [1.54, 1.807) is 6.20 Å². The summed E-state index contributed by atoms with van der Waals surface area (Å²) < 4.78 is 0. The summed E-state index contributed by atoms with van der Waals surface area (Å²) in [6, 6.07) is 4.22. The summed E-state index contributed by atoms with van der Waals surface area (Å²) in [6.07, 6.45) is 8.38. The number of hydrogen-bond acceptors (Lipinski definition) is 5. The molecule has 1 aliphatic rings. The van der Waals surface area contributed by atoms with Crippen LogP contribution in [0.3, 0.4) is 0 Å². The Labute approximate surface area is 140 Å². The first-order valence-corrected chi connectivity index (χ1v) is 8.76. The van der Waals surface area contributed by atoms with Crippen LogP contribution in [0.25, 0.3) is 0 Å². The minimum absolute atomic E-state index is 0.157. The van der Waals surface area contributed by atoms with Crippen molar-refractivity contribution in [2.24, 2.45) is 0 Å². The Hall–Kier alpha value is -1.99. The Morgan fingerprint density at radius 3 is 2.74 bits per heavy atom. The summed E-state index contributed by atoms with van der Waals surface area (Å²) in [4.78, 5) is 22.4. The summed E-state index contributed by atoms with van der Waals surface area (Å²) in [5, 5.41) is 8.28. The van der Waals surface area contributed by atoms with Gasteiger partial charge in [0.15, 0.2) is 5.13 Å². The Morgan fingerprint density at radius 2 is 2.04 bits per heavy atom. The summed E-state index contributed by atoms with van der Waals surface area (Å²) in [7, 11) is 0. The van der Waals surface area contributed by atoms with Crippen molar-refractivity contribution in [3.63, 3.8) is 0 Å². The fourth-order valence-electron chi connectivity index (χ4n) is 2.74. The molecule has 23 heavy (non-hydrogen) atoms. The molecule has 3 rings (SSSR count). The topological polar surface area (TPSA) is 70.2 Å². The maximum atomic E-state index is 11.9. The van der Waals surface area contributed by atoms with Gasteiger partial charge in [-0.2, -0.15) is 0 Å². The third-order valence-electron chi connectivity index (χ3n) is 4.04. The number of amides is 2. The molecule has 0 aromatic carbocycles. The highest BCUT2D eigenvalue weighted by Gasteiger charge is 2.20. The first kappa shape index (κ1) is 15.9. The predicted octanol–water partition coefficient (Wildman–Crippen LogP) is 2.37. The fourth-order valence-corrected chi connectivity index (χ4v) is 3.27. The standard InChI is InChI=1S/C16H21N5OS/c22-15(20-16-18-8-12-23-16)19-14-4-10-21(11-5-14)9-3-13-1-6-17-7-2-13/h1-2,6-8,12,14H,3-5,9-11H2,(H2,18,19,20,22). The quantitative estimate of drug-likeness (QED) is 0.882. The number of anilines is 1. The van der Waals surface area contributed by atoms with Gasteiger partial charge in [-0.05, 0) is 37.0 Å². The molecule has 3 heterocycles. The summed E-state index contributed by atoms with van der Waals surface area (Å²) in [5.74, 6) is 0. The van der Waals surface area contributed by atoms with Gasteiger partial charge >= 0.3 is 6.03 Å². The molecule has 6 nitrogen and oxygen atoms in total. The van der Waals surface area contributed by atoms with Gasteiger partial charge in [0.1, 0.15) is 0 Å². The minimum atomic E-state index is -0.157. The molecule has 7 heteroatoms. The van der Waals surface area contributed by atoms with Crippen molar-refractivity contribution in [1.82, 2.24) is 20.2 Å². The summed E-state index contributed by atoms with van der Waals surface area (Å²) >= 11 is 1.42. The van der Waals surface area contributed by atoms with Gasteiger partial charge in [0.25, 0.3) is 0 Å². The molecular formula is C16H21N5OS. The van der Waals surface area contributed by atoms with Gasteiger partial charge in [-0.25, -0.2) is 9.78 Å². The Balaban J connectivity index is 1.36. The average molecular weight is 331 g/mol. The highest BCUT2D eigenvalue weighted by atomic mass is 32.1. The molecule has 2 N–H and O–H groups in total. The lowest BCUT2D eigenvalue weighted by Gasteiger charge is -2.32. The number of piperidine rings is 1. The molecule has 1 fully saturated rings. The lowest BCUT2D eigenvalue weighted by molar-refractivity contribution is 0.197. The van der Waals surface area contributed by atoms with E-state index in [4.69, 9.17) is 0 Å². The van der Waals surface area contributed by atoms with Crippen molar-refractivity contribution in [2.45, 2.75) is 25.3 Å². The Bertz CT molecular complexity index is 596. The molecule has 0 unspecified atom stereocenters. The molecule has 1 saturated heterocycles. The van der Waals surface area contributed by atoms with Crippen molar-refractivity contribution in [3.8, 4) is 0 Å². The fraction of sp³-hybridized carbons (Fsp3) is 0.438. The maximum Gasteiger partial charge on any atom is 0.321 e. The van der Waals surface area contributed by atoms with E-state index in [0.717, 1.165) is 38.9 Å². The second-order valence-electron chi connectivity index (χ2n) is 5.66. The van der Waals surface area contributed by atoms with Gasteiger partial charge in [-0.15, -0.1) is 11.3 Å². The van der Waals surface area contributed by atoms with Crippen LogP contribution in [0, 0.1) is 0 Å². The molecular weight excluding hydrogens is 310 g/mol. The second kappa shape index (κ2) is 8.03. The lowest BCUT2D eigenvalue weighted by Crippen LogP contribution is -2.46. The van der Waals surface area contributed by atoms with Crippen LogP contribution in [0.4, 0.5) is 9.93 Å². The molecule has 0 bridgehead atoms. The van der Waals surface area contributed by atoms with Crippen molar-refractivity contribution < 1.29 is 4.79 Å². The molecule has 0 aliphatic carbocycles. The minimum Gasteiger partial charge on any atom is -0.335 e. The highest BCUT2D eigenvalue weighted by Crippen LogP contribution is 2.13. The van der Waals surface area contributed by atoms with E-state index in [-0.39, 0.29) is 12.1 Å². The van der Waals surface area contributed by atoms with Gasteiger partial charge in [0, 0.05) is 49.6 Å². The van der Waals surface area contributed by atoms with Crippen LogP contribution in [-0.4, -0.2) is 46.6 Å². The van der Waals surface area contributed by atoms with Gasteiger partial charge in [-0.3, -0.25) is 10.3 Å². The normalized spacial score (nSPS) is 16.2. The molecule has 0 saturated carbocycles. The van der Waals surface area contributed by atoms with Crippen LogP contribution in [0.1, 0.15) is 18.4 Å². The molecule has 122 valence electrons. The van der Waals surface area contributed by atoms with Crippen LogP contribution in [0.5, 0.6) is 0 Å². The molecule has 2 aromatic rings. The molecule has 1 aliphatic heterocycles. The van der Waals surface area contributed by atoms with Crippen molar-refractivity contribution >= 4 is 22.5 Å². The zero-order chi connectivity index (χ0) is 15.9. The first-order valence-electron chi connectivity index (χ1n) is 7.88. The van der Waals surface area contributed by atoms with Gasteiger partial charge in [-0.1, -0.05) is 0 Å². The maximum absolute atomic E-state index is 11.9. The number of aromatic nitrogens is 2. The largest absolute Gasteiger partial charge is 0.335 e. The first-order chi connectivity index (χ1) is 11.3. The number of nitrogens with zero attached hydrogens (tertiary/aromatic N) is 3. The number of carbonyl (C=O) groups is 1. The van der Waals surface area contributed by atoms with Crippen LogP contribution in [-0.2, 0) is 6.42 Å². The van der Waals surface area contributed by atoms with E-state index in [9.17, 15) is 4.79 Å². The second-order valence-corrected chi connectivity index (χ2v) is 6.55. The van der Waals surface area contributed by atoms with Crippen LogP contribution in [0.15, 0.2) is 36.1 Å². The van der Waals surface area contributed by atoms with Crippen LogP contribution >= 0.6 is 11.3 Å². The third kappa shape index (κ3) is 5.01. The number of urea groups is 1. The molecule has 2 aromatic heterocycles. The Kier molecular flexibility index (Phi) is 5.55. The smallest absolute Gasteiger partial charge is 0.321 e. The van der Waals surface area contributed by atoms with E-state index in [1.807, 2.05) is 17.8 Å². The molecule has 2 amide bonds. The summed E-state index contributed by atoms with van der Waals surface area (Å²) in [6.45, 7) is 3.10. The van der Waals surface area contributed by atoms with E-state index < -0.39 is 0 Å². The van der Waals surface area contributed by atoms with E-state index in [0.29, 0.717) is 5.13 Å². The molecule has 0 radical (unpaired) electrons. The SMILES string of the molecule is O=C(Nc1nccs1)NC1CCN(CCc2ccncc2)CC1. The van der Waals surface area contributed by atoms with Crippen molar-refractivity contribution in [1.29, 1.82) is 0 Å². The number of nitrogens with one attached hydrogen (secondary N) is 2. The molecule has 0 atom stereocenters. The van der Waals surface area contributed by atoms with E-state index in [1.165, 1.54) is 16.9 Å². The summed E-state index contributed by atoms with van der Waals surface area (Å²) in [5.41, 5.74) is 1.32. The predicted molar refractivity (Wildman–Crippen MR) is 91.7 cm³/mol. The van der Waals surface area contributed by atoms with E-state index >= 15 is 0 Å². The number of carbonyl (C=O) groups excluding carboxylic acids is 1. The average Bonchev–Trinajstić information content (AvgIpc) is 3.08. The highest BCUT2D eigenvalue weighted by molar-refractivity contribution is 7.13. The van der Waals surface area contributed by atoms with Crippen LogP contribution in [0.2, 0.25) is 0 Å². The number of pyridine rings is 1. The molecule has 0 spiro atoms. The van der Waals surface area contributed by atoms with Crippen molar-refractivity contribution in [3.05, 3.63) is 41.7 Å². The van der Waals surface area contributed by atoms with Gasteiger partial charge in [0.2, 0.25) is 0 Å². The number of likely N-dealkylation sites (tertiary alicyclic amines) is 1. The lowest BCUT2D eigenvalue weighted by atomic mass is 10.0. The number of thiazole rings is 1. The monoisotopic (exact) mass is 331 g/mol. The number of hydrogen-bond donors (Lipinski definition) is 2. The van der Waals surface area contributed by atoms with Crippen molar-refractivity contribution in [2.75, 3.05) is 25.0 Å². The van der Waals surface area contributed by atoms with Gasteiger partial charge < -0.3 is 10.2 Å². The van der Waals surface area contributed by atoms with Crippen LogP contribution < -0.4 is 10.6 Å². The van der Waals surface area contributed by atoms with Gasteiger partial charge in [0.05, 0.1) is 0 Å². The van der Waals surface area contributed by atoms with E-state index in [2.05, 4.69) is 37.6 Å². The zero-order valence-corrected chi connectivity index (χ0v) is 13.8. The third-order valence-corrected chi connectivity index (χ3v) is 4.73.